The van der Waals surface area contributed by atoms with Crippen molar-refractivity contribution in [3.63, 3.8) is 0 Å². The first kappa shape index (κ1) is 20.7. The molecule has 1 aliphatic carbocycles. The van der Waals surface area contributed by atoms with Gasteiger partial charge in [-0.1, -0.05) is 44.7 Å². The summed E-state index contributed by atoms with van der Waals surface area (Å²) < 4.78 is 13.6. The van der Waals surface area contributed by atoms with Crippen molar-refractivity contribution in [3.05, 3.63) is 30.1 Å². The third-order valence-corrected chi connectivity index (χ3v) is 5.81. The number of carbonyl (C=O) groups excluding carboxylic acids is 2. The molecule has 144 valence electrons. The van der Waals surface area contributed by atoms with E-state index < -0.39 is 5.54 Å². The number of hydrogen-bond donors (Lipinski definition) is 2. The van der Waals surface area contributed by atoms with E-state index in [0.29, 0.717) is 30.0 Å². The molecular weight excluding hydrogens is 351 g/mol. The van der Waals surface area contributed by atoms with Crippen LogP contribution in [0.4, 0.5) is 4.39 Å². The molecule has 2 N–H and O–H groups in total. The van der Waals surface area contributed by atoms with Crippen LogP contribution in [0.1, 0.15) is 58.3 Å². The van der Waals surface area contributed by atoms with Gasteiger partial charge < -0.3 is 10.6 Å². The first-order valence-electron chi connectivity index (χ1n) is 9.54. The molecule has 1 fully saturated rings. The third-order valence-electron chi connectivity index (χ3n) is 4.76. The van der Waals surface area contributed by atoms with Gasteiger partial charge in [-0.05, 0) is 31.4 Å². The van der Waals surface area contributed by atoms with Crippen molar-refractivity contribution in [1.29, 1.82) is 0 Å². The summed E-state index contributed by atoms with van der Waals surface area (Å²) in [5.41, 5.74) is -0.772. The Hall–Kier alpha value is -1.56. The molecule has 6 heteroatoms. The molecular formula is C20H29FN2O2S. The van der Waals surface area contributed by atoms with Crippen molar-refractivity contribution < 1.29 is 14.0 Å². The average Bonchev–Trinajstić information content (AvgIpc) is 2.64. The number of thioether (sulfide) groups is 1. The lowest BCUT2D eigenvalue weighted by molar-refractivity contribution is -0.135. The van der Waals surface area contributed by atoms with Gasteiger partial charge in [-0.3, -0.25) is 9.59 Å². The third kappa shape index (κ3) is 6.01. The lowest BCUT2D eigenvalue weighted by Crippen LogP contribution is -2.59. The number of amides is 2. The van der Waals surface area contributed by atoms with Crippen molar-refractivity contribution in [3.8, 4) is 0 Å². The normalized spacial score (nSPS) is 16.1. The van der Waals surface area contributed by atoms with Crippen LogP contribution >= 0.6 is 11.8 Å². The van der Waals surface area contributed by atoms with Gasteiger partial charge in [-0.2, -0.15) is 0 Å². The van der Waals surface area contributed by atoms with Crippen LogP contribution in [0.15, 0.2) is 29.2 Å². The first-order valence-corrected chi connectivity index (χ1v) is 10.5. The summed E-state index contributed by atoms with van der Waals surface area (Å²) in [6, 6.07) is 6.56. The molecule has 0 spiro atoms. The van der Waals surface area contributed by atoms with Gasteiger partial charge in [0.1, 0.15) is 11.4 Å². The molecule has 0 saturated heterocycles. The van der Waals surface area contributed by atoms with E-state index >= 15 is 0 Å². The molecule has 2 rings (SSSR count). The van der Waals surface area contributed by atoms with E-state index in [-0.39, 0.29) is 24.1 Å². The maximum atomic E-state index is 13.6. The topological polar surface area (TPSA) is 58.2 Å². The van der Waals surface area contributed by atoms with Crippen molar-refractivity contribution in [2.75, 3.05) is 12.3 Å². The molecule has 1 aliphatic rings. The summed E-state index contributed by atoms with van der Waals surface area (Å²) in [5, 5.41) is 5.98. The van der Waals surface area contributed by atoms with Crippen LogP contribution in [-0.4, -0.2) is 29.7 Å². The monoisotopic (exact) mass is 380 g/mol. The summed E-state index contributed by atoms with van der Waals surface area (Å²) in [5.74, 6) is 0.0272. The highest BCUT2D eigenvalue weighted by atomic mass is 32.2. The largest absolute Gasteiger partial charge is 0.354 e. The van der Waals surface area contributed by atoms with E-state index in [9.17, 15) is 14.0 Å². The van der Waals surface area contributed by atoms with Crippen LogP contribution in [0.2, 0.25) is 0 Å². The maximum Gasteiger partial charge on any atom is 0.245 e. The summed E-state index contributed by atoms with van der Waals surface area (Å²) in [4.78, 5) is 25.7. The van der Waals surface area contributed by atoms with E-state index in [1.807, 2.05) is 0 Å². The molecule has 0 unspecified atom stereocenters. The summed E-state index contributed by atoms with van der Waals surface area (Å²) >= 11 is 1.33. The van der Waals surface area contributed by atoms with Crippen molar-refractivity contribution in [1.82, 2.24) is 10.6 Å². The second-order valence-electron chi connectivity index (χ2n) is 6.83. The molecule has 1 saturated carbocycles. The molecule has 0 aliphatic heterocycles. The van der Waals surface area contributed by atoms with Crippen LogP contribution in [0, 0.1) is 5.82 Å². The highest BCUT2D eigenvalue weighted by molar-refractivity contribution is 7.99. The van der Waals surface area contributed by atoms with Gasteiger partial charge in [0.2, 0.25) is 11.8 Å². The van der Waals surface area contributed by atoms with Gasteiger partial charge in [0.25, 0.3) is 0 Å². The fourth-order valence-electron chi connectivity index (χ4n) is 3.26. The van der Waals surface area contributed by atoms with Crippen molar-refractivity contribution in [2.24, 2.45) is 0 Å². The van der Waals surface area contributed by atoms with E-state index in [2.05, 4.69) is 17.6 Å². The number of unbranched alkanes of at least 4 members (excludes halogenated alkanes) is 1. The zero-order chi connectivity index (χ0) is 18.8. The van der Waals surface area contributed by atoms with E-state index in [1.54, 1.807) is 18.2 Å². The smallest absolute Gasteiger partial charge is 0.245 e. The lowest BCUT2D eigenvalue weighted by atomic mass is 9.80. The maximum absolute atomic E-state index is 13.6. The summed E-state index contributed by atoms with van der Waals surface area (Å²) in [6.07, 6.45) is 6.61. The minimum absolute atomic E-state index is 0.0549. The molecule has 1 aromatic rings. The Morgan fingerprint density at radius 2 is 1.92 bits per heavy atom. The Morgan fingerprint density at radius 1 is 1.19 bits per heavy atom. The Kier molecular flexibility index (Phi) is 8.42. The SMILES string of the molecule is CCCCNC(=O)C1(NC(=O)CCSc2ccccc2F)CCCCC1. The van der Waals surface area contributed by atoms with Gasteiger partial charge in [-0.25, -0.2) is 4.39 Å². The molecule has 0 atom stereocenters. The van der Waals surface area contributed by atoms with E-state index in [0.717, 1.165) is 32.1 Å². The second-order valence-corrected chi connectivity index (χ2v) is 7.97. The van der Waals surface area contributed by atoms with Gasteiger partial charge in [0.15, 0.2) is 0 Å². The Morgan fingerprint density at radius 3 is 2.62 bits per heavy atom. The zero-order valence-electron chi connectivity index (χ0n) is 15.5. The predicted molar refractivity (Wildman–Crippen MR) is 104 cm³/mol. The molecule has 26 heavy (non-hydrogen) atoms. The van der Waals surface area contributed by atoms with Crippen LogP contribution in [0.25, 0.3) is 0 Å². The number of halogens is 1. The molecule has 0 radical (unpaired) electrons. The van der Waals surface area contributed by atoms with Gasteiger partial charge in [-0.15, -0.1) is 11.8 Å². The van der Waals surface area contributed by atoms with Crippen LogP contribution in [-0.2, 0) is 9.59 Å². The van der Waals surface area contributed by atoms with Gasteiger partial charge in [0, 0.05) is 23.6 Å². The summed E-state index contributed by atoms with van der Waals surface area (Å²) in [6.45, 7) is 2.73. The average molecular weight is 381 g/mol. The van der Waals surface area contributed by atoms with Crippen molar-refractivity contribution in [2.45, 2.75) is 68.7 Å². The Labute approximate surface area is 159 Å². The number of benzene rings is 1. The van der Waals surface area contributed by atoms with E-state index in [1.165, 1.54) is 17.8 Å². The number of nitrogens with one attached hydrogen (secondary N) is 2. The number of hydrogen-bond acceptors (Lipinski definition) is 3. The highest BCUT2D eigenvalue weighted by Gasteiger charge is 2.40. The first-order chi connectivity index (χ1) is 12.6. The fraction of sp³-hybridized carbons (Fsp3) is 0.600. The minimum atomic E-state index is -0.772. The Balaban J connectivity index is 1.87. The Bertz CT molecular complexity index is 603. The standard InChI is InChI=1S/C20H29FN2O2S/c1-2-3-14-22-19(25)20(12-7-4-8-13-20)23-18(24)11-15-26-17-10-6-5-9-16(17)21/h5-6,9-10H,2-4,7-8,11-15H2,1H3,(H,22,25)(H,23,24). The summed E-state index contributed by atoms with van der Waals surface area (Å²) in [7, 11) is 0. The van der Waals surface area contributed by atoms with Crippen molar-refractivity contribution >= 4 is 23.6 Å². The molecule has 1 aromatic carbocycles. The van der Waals surface area contributed by atoms with Gasteiger partial charge in [0.05, 0.1) is 0 Å². The van der Waals surface area contributed by atoms with Crippen LogP contribution in [0.5, 0.6) is 0 Å². The van der Waals surface area contributed by atoms with Crippen LogP contribution < -0.4 is 10.6 Å². The molecule has 2 amide bonds. The minimum Gasteiger partial charge on any atom is -0.354 e. The lowest BCUT2D eigenvalue weighted by Gasteiger charge is -2.36. The quantitative estimate of drug-likeness (QED) is 0.502. The number of carbonyl (C=O) groups is 2. The predicted octanol–water partition coefficient (Wildman–Crippen LogP) is 4.04. The second kappa shape index (κ2) is 10.6. The molecule has 0 bridgehead atoms. The molecule has 0 heterocycles. The molecule has 0 aromatic heterocycles. The van der Waals surface area contributed by atoms with Gasteiger partial charge >= 0.3 is 0 Å². The van der Waals surface area contributed by atoms with E-state index in [4.69, 9.17) is 0 Å². The van der Waals surface area contributed by atoms with Crippen LogP contribution in [0.3, 0.4) is 0 Å². The fourth-order valence-corrected chi connectivity index (χ4v) is 4.14. The zero-order valence-corrected chi connectivity index (χ0v) is 16.3. The highest BCUT2D eigenvalue weighted by Crippen LogP contribution is 2.29. The molecule has 4 nitrogen and oxygen atoms in total. The number of rotatable bonds is 9.